The van der Waals surface area contributed by atoms with Crippen molar-refractivity contribution in [3.63, 3.8) is 0 Å². The number of likely N-dealkylation sites (N-methyl/N-ethyl adjacent to an activating group) is 1. The molecule has 114 valence electrons. The molecule has 1 rings (SSSR count). The summed E-state index contributed by atoms with van der Waals surface area (Å²) in [6.45, 7) is 3.45. The first-order valence-electron chi connectivity index (χ1n) is 6.58. The topological polar surface area (TPSA) is 38.5 Å². The van der Waals surface area contributed by atoms with Crippen LogP contribution in [0.5, 0.6) is 0 Å². The average molecular weight is 290 g/mol. The van der Waals surface area contributed by atoms with Crippen molar-refractivity contribution < 1.29 is 17.9 Å². The Bertz CT molecular complexity index is 421. The predicted octanol–water partition coefficient (Wildman–Crippen LogP) is 2.68. The van der Waals surface area contributed by atoms with Crippen molar-refractivity contribution in [1.29, 1.82) is 0 Å². The number of rotatable bonds is 7. The van der Waals surface area contributed by atoms with E-state index in [1.165, 1.54) is 19.2 Å². The summed E-state index contributed by atoms with van der Waals surface area (Å²) in [5.74, 6) is 0. The highest BCUT2D eigenvalue weighted by molar-refractivity contribution is 5.56. The van der Waals surface area contributed by atoms with Crippen molar-refractivity contribution in [3.05, 3.63) is 29.3 Å². The predicted molar refractivity (Wildman–Crippen MR) is 74.0 cm³/mol. The van der Waals surface area contributed by atoms with Gasteiger partial charge in [0.2, 0.25) is 0 Å². The first-order valence-corrected chi connectivity index (χ1v) is 6.58. The molecular formula is C14H21F3N2O. The van der Waals surface area contributed by atoms with Crippen LogP contribution in [0.3, 0.4) is 0 Å². The molecule has 2 N–H and O–H groups in total. The lowest BCUT2D eigenvalue weighted by atomic mass is 10.0. The second kappa shape index (κ2) is 7.50. The molecule has 0 aliphatic heterocycles. The number of ether oxygens (including phenoxy) is 1. The number of anilines is 1. The van der Waals surface area contributed by atoms with Crippen molar-refractivity contribution in [2.45, 2.75) is 19.5 Å². The van der Waals surface area contributed by atoms with Crippen LogP contribution in [0, 0.1) is 0 Å². The molecule has 0 saturated carbocycles. The maximum absolute atomic E-state index is 13.2. The van der Waals surface area contributed by atoms with Gasteiger partial charge in [-0.2, -0.15) is 13.2 Å². The SMILES string of the molecule is CCN(CCOC)c1ccc(CCN)cc1C(F)(F)F. The van der Waals surface area contributed by atoms with E-state index in [9.17, 15) is 13.2 Å². The molecule has 0 aliphatic rings. The molecule has 0 aromatic heterocycles. The fourth-order valence-corrected chi connectivity index (χ4v) is 2.06. The van der Waals surface area contributed by atoms with Crippen LogP contribution in [-0.4, -0.2) is 33.4 Å². The summed E-state index contributed by atoms with van der Waals surface area (Å²) in [4.78, 5) is 1.67. The van der Waals surface area contributed by atoms with Gasteiger partial charge in [0, 0.05) is 25.9 Å². The van der Waals surface area contributed by atoms with E-state index in [4.69, 9.17) is 10.5 Å². The van der Waals surface area contributed by atoms with E-state index in [0.29, 0.717) is 38.2 Å². The molecular weight excluding hydrogens is 269 g/mol. The van der Waals surface area contributed by atoms with Crippen LogP contribution >= 0.6 is 0 Å². The minimum absolute atomic E-state index is 0.192. The molecule has 0 spiro atoms. The van der Waals surface area contributed by atoms with Gasteiger partial charge in [-0.3, -0.25) is 0 Å². The van der Waals surface area contributed by atoms with Crippen LogP contribution in [0.15, 0.2) is 18.2 Å². The third-order valence-corrected chi connectivity index (χ3v) is 3.09. The van der Waals surface area contributed by atoms with Gasteiger partial charge in [0.1, 0.15) is 0 Å². The van der Waals surface area contributed by atoms with E-state index >= 15 is 0 Å². The summed E-state index contributed by atoms with van der Waals surface area (Å²) >= 11 is 0. The molecule has 1 aromatic rings. The lowest BCUT2D eigenvalue weighted by Gasteiger charge is -2.26. The summed E-state index contributed by atoms with van der Waals surface area (Å²) in [5, 5.41) is 0. The van der Waals surface area contributed by atoms with Crippen LogP contribution in [0.4, 0.5) is 18.9 Å². The van der Waals surface area contributed by atoms with Gasteiger partial charge in [-0.1, -0.05) is 6.07 Å². The number of nitrogens with two attached hydrogens (primary N) is 1. The third-order valence-electron chi connectivity index (χ3n) is 3.09. The lowest BCUT2D eigenvalue weighted by Crippen LogP contribution is -2.29. The largest absolute Gasteiger partial charge is 0.418 e. The summed E-state index contributed by atoms with van der Waals surface area (Å²) in [5.41, 5.74) is 5.59. The highest BCUT2D eigenvalue weighted by Gasteiger charge is 2.34. The normalized spacial score (nSPS) is 11.7. The Morgan fingerprint density at radius 3 is 2.50 bits per heavy atom. The minimum atomic E-state index is -4.37. The molecule has 6 heteroatoms. The van der Waals surface area contributed by atoms with Crippen LogP contribution in [0.1, 0.15) is 18.1 Å². The number of alkyl halides is 3. The van der Waals surface area contributed by atoms with Gasteiger partial charge in [0.05, 0.1) is 12.2 Å². The van der Waals surface area contributed by atoms with E-state index in [2.05, 4.69) is 0 Å². The molecule has 0 saturated heterocycles. The molecule has 0 radical (unpaired) electrons. The van der Waals surface area contributed by atoms with Crippen LogP contribution in [-0.2, 0) is 17.3 Å². The molecule has 20 heavy (non-hydrogen) atoms. The molecule has 3 nitrogen and oxygen atoms in total. The highest BCUT2D eigenvalue weighted by Crippen LogP contribution is 2.37. The number of benzene rings is 1. The summed E-state index contributed by atoms with van der Waals surface area (Å²) in [6.07, 6.45) is -3.94. The fourth-order valence-electron chi connectivity index (χ4n) is 2.06. The zero-order valence-electron chi connectivity index (χ0n) is 11.8. The second-order valence-corrected chi connectivity index (χ2v) is 4.46. The van der Waals surface area contributed by atoms with Gasteiger partial charge in [-0.05, 0) is 37.6 Å². The number of hydrogen-bond donors (Lipinski definition) is 1. The van der Waals surface area contributed by atoms with E-state index in [-0.39, 0.29) is 5.69 Å². The van der Waals surface area contributed by atoms with Gasteiger partial charge < -0.3 is 15.4 Å². The van der Waals surface area contributed by atoms with Crippen LogP contribution in [0.2, 0.25) is 0 Å². The minimum Gasteiger partial charge on any atom is -0.383 e. The maximum atomic E-state index is 13.2. The fraction of sp³-hybridized carbons (Fsp3) is 0.571. The smallest absolute Gasteiger partial charge is 0.383 e. The summed E-state index contributed by atoms with van der Waals surface area (Å²) < 4.78 is 44.5. The number of methoxy groups -OCH3 is 1. The molecule has 0 unspecified atom stereocenters. The number of halogens is 3. The first-order chi connectivity index (χ1) is 9.43. The third kappa shape index (κ3) is 4.38. The van der Waals surface area contributed by atoms with Gasteiger partial charge >= 0.3 is 6.18 Å². The number of nitrogens with zero attached hydrogens (tertiary/aromatic N) is 1. The van der Waals surface area contributed by atoms with E-state index in [1.807, 2.05) is 6.92 Å². The molecule has 0 amide bonds. The van der Waals surface area contributed by atoms with Gasteiger partial charge in [-0.25, -0.2) is 0 Å². The Labute approximate surface area is 117 Å². The second-order valence-electron chi connectivity index (χ2n) is 4.46. The van der Waals surface area contributed by atoms with Crippen LogP contribution in [0.25, 0.3) is 0 Å². The first kappa shape index (κ1) is 16.8. The molecule has 1 aromatic carbocycles. The summed E-state index contributed by atoms with van der Waals surface area (Å²) in [6, 6.07) is 4.41. The summed E-state index contributed by atoms with van der Waals surface area (Å²) in [7, 11) is 1.53. The van der Waals surface area contributed by atoms with Crippen molar-refractivity contribution >= 4 is 5.69 Å². The molecule has 0 aliphatic carbocycles. The molecule has 0 atom stereocenters. The zero-order valence-corrected chi connectivity index (χ0v) is 11.8. The van der Waals surface area contributed by atoms with Crippen LogP contribution < -0.4 is 10.6 Å². The monoisotopic (exact) mass is 290 g/mol. The van der Waals surface area contributed by atoms with Crippen molar-refractivity contribution in [1.82, 2.24) is 0 Å². The van der Waals surface area contributed by atoms with E-state index < -0.39 is 11.7 Å². The standard InChI is InChI=1S/C14H21F3N2O/c1-3-19(8-9-20-2)13-5-4-11(6-7-18)10-12(13)14(15,16)17/h4-5,10H,3,6-9,18H2,1-2H3. The maximum Gasteiger partial charge on any atom is 0.418 e. The van der Waals surface area contributed by atoms with Gasteiger partial charge in [0.25, 0.3) is 0 Å². The number of hydrogen-bond acceptors (Lipinski definition) is 3. The zero-order chi connectivity index (χ0) is 15.2. The Morgan fingerprint density at radius 2 is 2.00 bits per heavy atom. The van der Waals surface area contributed by atoms with E-state index in [0.717, 1.165) is 0 Å². The van der Waals surface area contributed by atoms with Crippen molar-refractivity contribution in [3.8, 4) is 0 Å². The Morgan fingerprint density at radius 1 is 1.30 bits per heavy atom. The Hall–Kier alpha value is -1.27. The lowest BCUT2D eigenvalue weighted by molar-refractivity contribution is -0.137. The molecule has 0 bridgehead atoms. The van der Waals surface area contributed by atoms with Crippen molar-refractivity contribution in [2.75, 3.05) is 38.3 Å². The van der Waals surface area contributed by atoms with Crippen molar-refractivity contribution in [2.24, 2.45) is 5.73 Å². The Kier molecular flexibility index (Phi) is 6.29. The molecule has 0 heterocycles. The highest BCUT2D eigenvalue weighted by atomic mass is 19.4. The van der Waals surface area contributed by atoms with Gasteiger partial charge in [0.15, 0.2) is 0 Å². The quantitative estimate of drug-likeness (QED) is 0.839. The van der Waals surface area contributed by atoms with Gasteiger partial charge in [-0.15, -0.1) is 0 Å². The Balaban J connectivity index is 3.16. The average Bonchev–Trinajstić information content (AvgIpc) is 2.40. The van der Waals surface area contributed by atoms with E-state index in [1.54, 1.807) is 11.0 Å². The molecule has 0 fully saturated rings.